The maximum atomic E-state index is 12.2. The molecule has 0 saturated heterocycles. The van der Waals surface area contributed by atoms with E-state index in [2.05, 4.69) is 0 Å². The molecular weight excluding hydrogens is 298 g/mol. The Morgan fingerprint density at radius 2 is 1.57 bits per heavy atom. The molecule has 2 rings (SSSR count). The van der Waals surface area contributed by atoms with E-state index in [1.165, 1.54) is 14.2 Å². The van der Waals surface area contributed by atoms with Gasteiger partial charge in [-0.2, -0.15) is 0 Å². The fraction of sp³-hybridized carbons (Fsp3) is 0.294. The van der Waals surface area contributed by atoms with E-state index in [0.717, 1.165) is 0 Å². The molecule has 0 bridgehead atoms. The number of rotatable bonds is 3. The van der Waals surface area contributed by atoms with Gasteiger partial charge in [0, 0.05) is 5.69 Å². The Balaban J connectivity index is 2.69. The molecule has 1 heterocycles. The lowest BCUT2D eigenvalue weighted by Gasteiger charge is -2.29. The number of benzene rings is 1. The van der Waals surface area contributed by atoms with Gasteiger partial charge in [-0.3, -0.25) is 0 Å². The van der Waals surface area contributed by atoms with E-state index in [4.69, 9.17) is 19.9 Å². The van der Waals surface area contributed by atoms with Gasteiger partial charge in [0.1, 0.15) is 11.5 Å². The third kappa shape index (κ3) is 3.06. The maximum Gasteiger partial charge on any atom is 0.338 e. The second-order valence-electron chi connectivity index (χ2n) is 5.13. The summed E-state index contributed by atoms with van der Waals surface area (Å²) >= 11 is 0. The number of anilines is 1. The van der Waals surface area contributed by atoms with Crippen LogP contribution < -0.4 is 5.73 Å². The van der Waals surface area contributed by atoms with Gasteiger partial charge in [0.15, 0.2) is 0 Å². The van der Waals surface area contributed by atoms with E-state index in [0.29, 0.717) is 22.8 Å². The third-order valence-corrected chi connectivity index (χ3v) is 3.70. The Labute approximate surface area is 134 Å². The Morgan fingerprint density at radius 1 is 1.04 bits per heavy atom. The van der Waals surface area contributed by atoms with Crippen molar-refractivity contribution in [2.45, 2.75) is 19.8 Å². The van der Waals surface area contributed by atoms with E-state index in [-0.39, 0.29) is 11.1 Å². The smallest absolute Gasteiger partial charge is 0.338 e. The van der Waals surface area contributed by atoms with Crippen molar-refractivity contribution in [2.75, 3.05) is 20.0 Å². The molecule has 0 atom stereocenters. The number of hydrogen-bond acceptors (Lipinski definition) is 6. The summed E-state index contributed by atoms with van der Waals surface area (Å²) in [5, 5.41) is 0. The third-order valence-electron chi connectivity index (χ3n) is 3.70. The van der Waals surface area contributed by atoms with Gasteiger partial charge in [0.25, 0.3) is 0 Å². The number of allylic oxidation sites excluding steroid dienone is 2. The van der Waals surface area contributed by atoms with Crippen LogP contribution in [0.1, 0.15) is 25.3 Å². The number of nitrogen functional groups attached to an aromatic ring is 1. The van der Waals surface area contributed by atoms with E-state index in [1.54, 1.807) is 38.1 Å². The number of ether oxygens (including phenoxy) is 3. The molecule has 6 nitrogen and oxygen atoms in total. The first-order chi connectivity index (χ1) is 10.9. The number of esters is 2. The first-order valence-electron chi connectivity index (χ1n) is 7.02. The Kier molecular flexibility index (Phi) is 4.74. The minimum Gasteiger partial charge on any atom is -0.466 e. The molecule has 0 unspecified atom stereocenters. The van der Waals surface area contributed by atoms with Crippen molar-refractivity contribution < 1.29 is 23.8 Å². The minimum absolute atomic E-state index is 0.254. The molecule has 1 aliphatic rings. The van der Waals surface area contributed by atoms with Gasteiger partial charge in [-0.1, -0.05) is 12.1 Å². The Hall–Kier alpha value is -2.76. The molecule has 23 heavy (non-hydrogen) atoms. The fourth-order valence-corrected chi connectivity index (χ4v) is 2.71. The molecule has 0 fully saturated rings. The summed E-state index contributed by atoms with van der Waals surface area (Å²) < 4.78 is 15.3. The van der Waals surface area contributed by atoms with Gasteiger partial charge in [-0.15, -0.1) is 0 Å². The van der Waals surface area contributed by atoms with Crippen LogP contribution in [0.4, 0.5) is 5.69 Å². The van der Waals surface area contributed by atoms with Crippen molar-refractivity contribution in [1.29, 1.82) is 0 Å². The molecular formula is C17H19NO5. The zero-order valence-corrected chi connectivity index (χ0v) is 13.5. The van der Waals surface area contributed by atoms with E-state index in [1.807, 2.05) is 0 Å². The quantitative estimate of drug-likeness (QED) is 0.679. The molecule has 0 aliphatic carbocycles. The number of methoxy groups -OCH3 is 2. The van der Waals surface area contributed by atoms with Crippen LogP contribution in [0, 0.1) is 0 Å². The highest BCUT2D eigenvalue weighted by Gasteiger charge is 2.38. The summed E-state index contributed by atoms with van der Waals surface area (Å²) in [7, 11) is 2.56. The van der Waals surface area contributed by atoms with Gasteiger partial charge in [0.05, 0.1) is 31.3 Å². The molecule has 0 spiro atoms. The predicted molar refractivity (Wildman–Crippen MR) is 84.1 cm³/mol. The van der Waals surface area contributed by atoms with Crippen LogP contribution >= 0.6 is 0 Å². The predicted octanol–water partition coefficient (Wildman–Crippen LogP) is 2.28. The monoisotopic (exact) mass is 317 g/mol. The molecule has 1 aliphatic heterocycles. The number of hydrogen-bond donors (Lipinski definition) is 1. The summed E-state index contributed by atoms with van der Waals surface area (Å²) in [6.07, 6.45) is 0. The summed E-state index contributed by atoms with van der Waals surface area (Å²) in [5.41, 5.74) is 7.57. The lowest BCUT2D eigenvalue weighted by molar-refractivity contribution is -0.137. The van der Waals surface area contributed by atoms with Gasteiger partial charge >= 0.3 is 11.9 Å². The lowest BCUT2D eigenvalue weighted by Crippen LogP contribution is -2.26. The molecule has 1 aromatic carbocycles. The van der Waals surface area contributed by atoms with Crippen LogP contribution in [0.3, 0.4) is 0 Å². The van der Waals surface area contributed by atoms with Crippen molar-refractivity contribution in [1.82, 2.24) is 0 Å². The Bertz CT molecular complexity index is 679. The number of nitrogens with two attached hydrogens (primary N) is 1. The topological polar surface area (TPSA) is 87.8 Å². The molecule has 6 heteroatoms. The first kappa shape index (κ1) is 16.6. The van der Waals surface area contributed by atoms with Crippen LogP contribution in [0.5, 0.6) is 0 Å². The average molecular weight is 317 g/mol. The standard InChI is InChI=1S/C17H19NO5/c1-9-13(16(19)21-3)15(11-6-5-7-12(18)8-11)14(10(2)23-9)17(20)22-4/h5-8,15H,18H2,1-4H3. The molecule has 0 radical (unpaired) electrons. The van der Waals surface area contributed by atoms with E-state index in [9.17, 15) is 9.59 Å². The van der Waals surface area contributed by atoms with Crippen molar-refractivity contribution in [3.05, 3.63) is 52.5 Å². The minimum atomic E-state index is -0.660. The van der Waals surface area contributed by atoms with Gasteiger partial charge in [-0.25, -0.2) is 9.59 Å². The Morgan fingerprint density at radius 3 is 2.00 bits per heavy atom. The second kappa shape index (κ2) is 6.56. The highest BCUT2D eigenvalue weighted by molar-refractivity contribution is 5.99. The molecule has 1 aromatic rings. The summed E-state index contributed by atoms with van der Waals surface area (Å²) in [6.45, 7) is 3.31. The lowest BCUT2D eigenvalue weighted by atomic mass is 9.81. The van der Waals surface area contributed by atoms with Crippen LogP contribution in [0.25, 0.3) is 0 Å². The van der Waals surface area contributed by atoms with E-state index >= 15 is 0 Å². The SMILES string of the molecule is COC(=O)C1=C(C)OC(C)=C(C(=O)OC)C1c1cccc(N)c1. The largest absolute Gasteiger partial charge is 0.466 e. The summed E-state index contributed by atoms with van der Waals surface area (Å²) in [5.74, 6) is -1.02. The first-order valence-corrected chi connectivity index (χ1v) is 7.02. The van der Waals surface area contributed by atoms with Crippen molar-refractivity contribution in [3.63, 3.8) is 0 Å². The maximum absolute atomic E-state index is 12.2. The van der Waals surface area contributed by atoms with Crippen LogP contribution in [-0.4, -0.2) is 26.2 Å². The van der Waals surface area contributed by atoms with Crippen molar-refractivity contribution in [3.8, 4) is 0 Å². The normalized spacial score (nSPS) is 15.3. The van der Waals surface area contributed by atoms with E-state index < -0.39 is 17.9 Å². The molecule has 0 saturated carbocycles. The highest BCUT2D eigenvalue weighted by Crippen LogP contribution is 2.41. The van der Waals surface area contributed by atoms with Gasteiger partial charge in [-0.05, 0) is 31.5 Å². The van der Waals surface area contributed by atoms with Crippen molar-refractivity contribution in [2.24, 2.45) is 0 Å². The highest BCUT2D eigenvalue weighted by atomic mass is 16.5. The van der Waals surface area contributed by atoms with Gasteiger partial charge in [0.2, 0.25) is 0 Å². The van der Waals surface area contributed by atoms with Gasteiger partial charge < -0.3 is 19.9 Å². The average Bonchev–Trinajstić information content (AvgIpc) is 2.52. The zero-order chi connectivity index (χ0) is 17.1. The van der Waals surface area contributed by atoms with Crippen LogP contribution in [0.2, 0.25) is 0 Å². The molecule has 2 N–H and O–H groups in total. The fourth-order valence-electron chi connectivity index (χ4n) is 2.71. The van der Waals surface area contributed by atoms with Crippen LogP contribution in [-0.2, 0) is 23.8 Å². The molecule has 122 valence electrons. The second-order valence-corrected chi connectivity index (χ2v) is 5.13. The van der Waals surface area contributed by atoms with Crippen LogP contribution in [0.15, 0.2) is 46.9 Å². The zero-order valence-electron chi connectivity index (χ0n) is 13.5. The molecule has 0 aromatic heterocycles. The van der Waals surface area contributed by atoms with Crippen molar-refractivity contribution >= 4 is 17.6 Å². The summed E-state index contributed by atoms with van der Waals surface area (Å²) in [4.78, 5) is 24.5. The molecule has 0 amide bonds. The number of carbonyl (C=O) groups excluding carboxylic acids is 2. The summed E-state index contributed by atoms with van der Waals surface area (Å²) in [6, 6.07) is 6.99. The number of carbonyl (C=O) groups is 2.